The van der Waals surface area contributed by atoms with Gasteiger partial charge in [0.2, 0.25) is 5.91 Å². The van der Waals surface area contributed by atoms with E-state index in [1.807, 2.05) is 36.4 Å². The molecule has 1 aliphatic carbocycles. The molecule has 176 valence electrons. The lowest BCUT2D eigenvalue weighted by molar-refractivity contribution is -0.146. The van der Waals surface area contributed by atoms with Crippen LogP contribution in [0.1, 0.15) is 58.1 Å². The molecule has 0 heterocycles. The van der Waals surface area contributed by atoms with Crippen molar-refractivity contribution in [2.75, 3.05) is 6.61 Å². The number of nitrogens with one attached hydrogen (secondary N) is 2. The smallest absolute Gasteiger partial charge is 0.408 e. The summed E-state index contributed by atoms with van der Waals surface area (Å²) in [5.74, 6) is -1.79. The quantitative estimate of drug-likeness (QED) is 0.581. The van der Waals surface area contributed by atoms with Crippen LogP contribution in [0.4, 0.5) is 4.79 Å². The summed E-state index contributed by atoms with van der Waals surface area (Å²) in [4.78, 5) is 37.3. The van der Waals surface area contributed by atoms with Gasteiger partial charge in [0, 0.05) is 5.92 Å². The van der Waals surface area contributed by atoms with E-state index in [-0.39, 0.29) is 18.9 Å². The molecule has 3 N–H and O–H groups in total. The monoisotopic (exact) mass is 452 g/mol. The van der Waals surface area contributed by atoms with Gasteiger partial charge < -0.3 is 20.5 Å². The van der Waals surface area contributed by atoms with Crippen molar-refractivity contribution in [1.29, 1.82) is 0 Å². The first kappa shape index (κ1) is 24.3. The fraction of sp³-hybridized carbons (Fsp3) is 0.423. The van der Waals surface area contributed by atoms with Gasteiger partial charge in [0.05, 0.1) is 0 Å². The van der Waals surface area contributed by atoms with Crippen LogP contribution in [-0.4, -0.2) is 41.3 Å². The van der Waals surface area contributed by atoms with Gasteiger partial charge in [-0.2, -0.15) is 0 Å². The molecule has 2 atom stereocenters. The molecule has 0 radical (unpaired) electrons. The number of rotatable bonds is 7. The van der Waals surface area contributed by atoms with Crippen molar-refractivity contribution in [2.45, 2.75) is 58.5 Å². The Morgan fingerprint density at radius 1 is 0.970 bits per heavy atom. The maximum absolute atomic E-state index is 12.9. The highest BCUT2D eigenvalue weighted by Gasteiger charge is 2.40. The minimum atomic E-state index is -1.32. The summed E-state index contributed by atoms with van der Waals surface area (Å²) in [6.07, 6.45) is -0.460. The Morgan fingerprint density at radius 2 is 1.48 bits per heavy atom. The van der Waals surface area contributed by atoms with Gasteiger partial charge in [0.25, 0.3) is 0 Å². The topological polar surface area (TPSA) is 105 Å². The Labute approximate surface area is 194 Å². The molecule has 2 aromatic rings. The van der Waals surface area contributed by atoms with Gasteiger partial charge in [0.15, 0.2) is 0 Å². The van der Waals surface area contributed by atoms with E-state index in [2.05, 4.69) is 22.8 Å². The van der Waals surface area contributed by atoms with E-state index in [1.54, 1.807) is 34.6 Å². The second-order valence-corrected chi connectivity index (χ2v) is 9.75. The number of alkyl carbamates (subject to hydrolysis) is 1. The molecule has 2 amide bonds. The number of ether oxygens (including phenoxy) is 1. The average molecular weight is 453 g/mol. The third kappa shape index (κ3) is 5.02. The van der Waals surface area contributed by atoms with Crippen LogP contribution in [0.25, 0.3) is 11.1 Å². The molecule has 1 aliphatic rings. The minimum Gasteiger partial charge on any atom is -0.480 e. The van der Waals surface area contributed by atoms with E-state index in [0.717, 1.165) is 22.3 Å². The van der Waals surface area contributed by atoms with Gasteiger partial charge in [-0.05, 0) is 41.0 Å². The zero-order chi connectivity index (χ0) is 24.4. The molecule has 0 spiro atoms. The van der Waals surface area contributed by atoms with Crippen molar-refractivity contribution in [1.82, 2.24) is 10.6 Å². The standard InChI is InChI=1S/C26H32N2O5/c1-6-26(5,23(31)27-21(22(29)30)25(2,3)4)28-24(32)33-15-20-18-13-9-7-11-16(18)17-12-8-10-14-19(17)20/h7-14,20-21H,6,15H2,1-5H3,(H,27,31)(H,28,32)(H,29,30)/t21-,26?/m0/s1. The normalized spacial score (nSPS) is 15.5. The second kappa shape index (κ2) is 9.25. The maximum Gasteiger partial charge on any atom is 0.408 e. The molecule has 0 aliphatic heterocycles. The Bertz CT molecular complexity index is 1010. The maximum atomic E-state index is 12.9. The van der Waals surface area contributed by atoms with Crippen LogP contribution in [-0.2, 0) is 14.3 Å². The molecular formula is C26H32N2O5. The summed E-state index contributed by atoms with van der Waals surface area (Å²) in [7, 11) is 0. The van der Waals surface area contributed by atoms with E-state index in [1.165, 1.54) is 0 Å². The molecule has 7 nitrogen and oxygen atoms in total. The van der Waals surface area contributed by atoms with Crippen LogP contribution in [0.5, 0.6) is 0 Å². The third-order valence-electron chi connectivity index (χ3n) is 6.32. The Kier molecular flexibility index (Phi) is 6.81. The van der Waals surface area contributed by atoms with Crippen molar-refractivity contribution in [2.24, 2.45) is 5.41 Å². The fourth-order valence-electron chi connectivity index (χ4n) is 4.10. The van der Waals surface area contributed by atoms with Crippen LogP contribution in [0.2, 0.25) is 0 Å². The van der Waals surface area contributed by atoms with Crippen molar-refractivity contribution in [3.05, 3.63) is 59.7 Å². The second-order valence-electron chi connectivity index (χ2n) is 9.75. The molecule has 0 saturated carbocycles. The highest BCUT2D eigenvalue weighted by molar-refractivity contribution is 5.92. The predicted octanol–water partition coefficient (Wildman–Crippen LogP) is 4.31. The van der Waals surface area contributed by atoms with Gasteiger partial charge in [0.1, 0.15) is 18.2 Å². The number of hydrogen-bond acceptors (Lipinski definition) is 4. The average Bonchev–Trinajstić information content (AvgIpc) is 3.08. The number of amides is 2. The lowest BCUT2D eigenvalue weighted by Crippen LogP contribution is -2.61. The molecule has 7 heteroatoms. The van der Waals surface area contributed by atoms with Crippen LogP contribution >= 0.6 is 0 Å². The summed E-state index contributed by atoms with van der Waals surface area (Å²) >= 11 is 0. The summed E-state index contributed by atoms with van der Waals surface area (Å²) in [5, 5.41) is 14.7. The van der Waals surface area contributed by atoms with Gasteiger partial charge in [-0.15, -0.1) is 0 Å². The number of aliphatic carboxylic acids is 1. The van der Waals surface area contributed by atoms with E-state index in [0.29, 0.717) is 0 Å². The van der Waals surface area contributed by atoms with Crippen molar-refractivity contribution in [3.63, 3.8) is 0 Å². The lowest BCUT2D eigenvalue weighted by atomic mass is 9.85. The number of hydrogen-bond donors (Lipinski definition) is 3. The van der Waals surface area contributed by atoms with E-state index in [4.69, 9.17) is 4.74 Å². The summed E-state index contributed by atoms with van der Waals surface area (Å²) in [6, 6.07) is 15.0. The van der Waals surface area contributed by atoms with E-state index in [9.17, 15) is 19.5 Å². The van der Waals surface area contributed by atoms with Crippen LogP contribution < -0.4 is 10.6 Å². The fourth-order valence-corrected chi connectivity index (χ4v) is 4.10. The summed E-state index contributed by atoms with van der Waals surface area (Å²) < 4.78 is 5.56. The molecule has 0 saturated heterocycles. The summed E-state index contributed by atoms with van der Waals surface area (Å²) in [5.41, 5.74) is 2.43. The number of carbonyl (C=O) groups is 3. The van der Waals surface area contributed by atoms with Crippen LogP contribution in [0, 0.1) is 5.41 Å². The van der Waals surface area contributed by atoms with Gasteiger partial charge >= 0.3 is 12.1 Å². The number of carboxylic acid groups (broad SMARTS) is 1. The van der Waals surface area contributed by atoms with Crippen LogP contribution in [0.15, 0.2) is 48.5 Å². The largest absolute Gasteiger partial charge is 0.480 e. The Morgan fingerprint density at radius 3 is 1.94 bits per heavy atom. The summed E-state index contributed by atoms with van der Waals surface area (Å²) in [6.45, 7) is 8.62. The zero-order valence-electron chi connectivity index (χ0n) is 19.8. The molecular weight excluding hydrogens is 420 g/mol. The van der Waals surface area contributed by atoms with E-state index >= 15 is 0 Å². The first-order chi connectivity index (χ1) is 15.5. The van der Waals surface area contributed by atoms with Crippen molar-refractivity contribution >= 4 is 18.0 Å². The van der Waals surface area contributed by atoms with Gasteiger partial charge in [-0.25, -0.2) is 9.59 Å². The molecule has 0 bridgehead atoms. The molecule has 1 unspecified atom stereocenters. The minimum absolute atomic E-state index is 0.0952. The molecule has 0 fully saturated rings. The third-order valence-corrected chi connectivity index (χ3v) is 6.32. The van der Waals surface area contributed by atoms with Gasteiger partial charge in [-0.3, -0.25) is 4.79 Å². The number of fused-ring (bicyclic) bond motifs is 3. The van der Waals surface area contributed by atoms with Gasteiger partial charge in [-0.1, -0.05) is 76.2 Å². The predicted molar refractivity (Wildman–Crippen MR) is 126 cm³/mol. The highest BCUT2D eigenvalue weighted by Crippen LogP contribution is 2.44. The Hall–Kier alpha value is -3.35. The molecule has 0 aromatic heterocycles. The Balaban J connectivity index is 1.69. The zero-order valence-corrected chi connectivity index (χ0v) is 19.8. The highest BCUT2D eigenvalue weighted by atomic mass is 16.5. The first-order valence-corrected chi connectivity index (χ1v) is 11.1. The lowest BCUT2D eigenvalue weighted by Gasteiger charge is -2.33. The SMILES string of the molecule is CCC(C)(NC(=O)OCC1c2ccccc2-c2ccccc21)C(=O)N[C@@H](C(=O)O)C(C)(C)C. The van der Waals surface area contributed by atoms with Crippen LogP contribution in [0.3, 0.4) is 0 Å². The first-order valence-electron chi connectivity index (χ1n) is 11.1. The molecule has 2 aromatic carbocycles. The molecule has 33 heavy (non-hydrogen) atoms. The molecule has 3 rings (SSSR count). The van der Waals surface area contributed by atoms with Crippen molar-refractivity contribution < 1.29 is 24.2 Å². The number of carboxylic acids is 1. The number of benzene rings is 2. The number of carbonyl (C=O) groups excluding carboxylic acids is 2. The van der Waals surface area contributed by atoms with E-state index < -0.39 is 35.0 Å². The van der Waals surface area contributed by atoms with Crippen molar-refractivity contribution in [3.8, 4) is 11.1 Å².